The van der Waals surface area contributed by atoms with Gasteiger partial charge in [-0.1, -0.05) is 12.1 Å². The third kappa shape index (κ3) is 5.28. The third-order valence-corrected chi connectivity index (χ3v) is 3.50. The number of para-hydroxylation sites is 1. The van der Waals surface area contributed by atoms with Gasteiger partial charge >= 0.3 is 6.18 Å². The van der Waals surface area contributed by atoms with Gasteiger partial charge in [0.15, 0.2) is 6.10 Å². The van der Waals surface area contributed by atoms with E-state index in [0.29, 0.717) is 19.6 Å². The van der Waals surface area contributed by atoms with Crippen LogP contribution in [0.3, 0.4) is 0 Å². The SMILES string of the molecule is CC(Oc1ccccc1C(F)(F)F)C(=O)N1CCCNCC1.Cl. The van der Waals surface area contributed by atoms with Crippen LogP contribution in [-0.4, -0.2) is 43.1 Å². The number of carbonyl (C=O) groups excluding carboxylic acids is 1. The van der Waals surface area contributed by atoms with Crippen LogP contribution < -0.4 is 10.1 Å². The lowest BCUT2D eigenvalue weighted by atomic mass is 10.2. The van der Waals surface area contributed by atoms with Crippen molar-refractivity contribution >= 4 is 18.3 Å². The number of amides is 1. The predicted molar refractivity (Wildman–Crippen MR) is 82.8 cm³/mol. The Kier molecular flexibility index (Phi) is 7.15. The van der Waals surface area contributed by atoms with Crippen LogP contribution in [0, 0.1) is 0 Å². The summed E-state index contributed by atoms with van der Waals surface area (Å²) in [6.45, 7) is 4.11. The molecule has 1 saturated heterocycles. The van der Waals surface area contributed by atoms with Crippen molar-refractivity contribution in [2.45, 2.75) is 25.6 Å². The summed E-state index contributed by atoms with van der Waals surface area (Å²) in [6.07, 6.45) is -4.65. The first kappa shape index (κ1) is 19.6. The maximum Gasteiger partial charge on any atom is 0.419 e. The second-order valence-corrected chi connectivity index (χ2v) is 5.18. The van der Waals surface area contributed by atoms with Crippen LogP contribution in [0.1, 0.15) is 18.9 Å². The van der Waals surface area contributed by atoms with Crippen molar-refractivity contribution in [3.8, 4) is 5.75 Å². The average Bonchev–Trinajstić information content (AvgIpc) is 2.75. The van der Waals surface area contributed by atoms with Crippen molar-refractivity contribution in [3.05, 3.63) is 29.8 Å². The van der Waals surface area contributed by atoms with Crippen LogP contribution in [0.15, 0.2) is 24.3 Å². The fraction of sp³-hybridized carbons (Fsp3) is 0.533. The van der Waals surface area contributed by atoms with Gasteiger partial charge < -0.3 is 15.0 Å². The highest BCUT2D eigenvalue weighted by Crippen LogP contribution is 2.36. The van der Waals surface area contributed by atoms with Crippen molar-refractivity contribution in [1.29, 1.82) is 0 Å². The lowest BCUT2D eigenvalue weighted by Crippen LogP contribution is -2.42. The molecule has 1 N–H and O–H groups in total. The standard InChI is InChI=1S/C15H19F3N2O2.ClH/c1-11(14(21)20-9-4-7-19-8-10-20)22-13-6-3-2-5-12(13)15(16,17)18;/h2-3,5-6,11,19H,4,7-10H2,1H3;1H. The van der Waals surface area contributed by atoms with E-state index < -0.39 is 17.8 Å². The van der Waals surface area contributed by atoms with E-state index in [4.69, 9.17) is 4.74 Å². The smallest absolute Gasteiger partial charge is 0.419 e. The summed E-state index contributed by atoms with van der Waals surface area (Å²) >= 11 is 0. The summed E-state index contributed by atoms with van der Waals surface area (Å²) in [7, 11) is 0. The Balaban J connectivity index is 0.00000264. The van der Waals surface area contributed by atoms with Gasteiger partial charge in [-0.25, -0.2) is 0 Å². The highest BCUT2D eigenvalue weighted by molar-refractivity contribution is 5.85. The fourth-order valence-electron chi connectivity index (χ4n) is 2.37. The molecule has 1 atom stereocenters. The number of carbonyl (C=O) groups is 1. The van der Waals surface area contributed by atoms with Crippen LogP contribution >= 0.6 is 12.4 Å². The average molecular weight is 353 g/mol. The molecular weight excluding hydrogens is 333 g/mol. The Morgan fingerprint density at radius 3 is 2.65 bits per heavy atom. The topological polar surface area (TPSA) is 41.6 Å². The van der Waals surface area contributed by atoms with Crippen molar-refractivity contribution in [2.75, 3.05) is 26.2 Å². The molecule has 1 unspecified atom stereocenters. The summed E-state index contributed by atoms with van der Waals surface area (Å²) in [5, 5.41) is 3.17. The number of halogens is 4. The summed E-state index contributed by atoms with van der Waals surface area (Å²) in [4.78, 5) is 13.9. The maximum atomic E-state index is 12.9. The minimum absolute atomic E-state index is 0. The van der Waals surface area contributed by atoms with Gasteiger partial charge in [-0.05, 0) is 32.0 Å². The molecule has 0 spiro atoms. The zero-order valence-electron chi connectivity index (χ0n) is 12.7. The minimum Gasteiger partial charge on any atom is -0.480 e. The van der Waals surface area contributed by atoms with Gasteiger partial charge in [0, 0.05) is 19.6 Å². The van der Waals surface area contributed by atoms with E-state index in [1.54, 1.807) is 4.90 Å². The number of alkyl halides is 3. The van der Waals surface area contributed by atoms with Gasteiger partial charge in [0.05, 0.1) is 5.56 Å². The minimum atomic E-state index is -4.51. The molecule has 0 saturated carbocycles. The molecule has 2 rings (SSSR count). The monoisotopic (exact) mass is 352 g/mol. The number of benzene rings is 1. The van der Waals surface area contributed by atoms with Crippen LogP contribution in [0.5, 0.6) is 5.75 Å². The molecular formula is C15H20ClF3N2O2. The van der Waals surface area contributed by atoms with Gasteiger partial charge in [0.1, 0.15) is 5.75 Å². The normalized spacial score (nSPS) is 17.0. The first-order chi connectivity index (χ1) is 10.4. The van der Waals surface area contributed by atoms with Gasteiger partial charge in [0.25, 0.3) is 5.91 Å². The van der Waals surface area contributed by atoms with Crippen molar-refractivity contribution in [1.82, 2.24) is 10.2 Å². The van der Waals surface area contributed by atoms with Gasteiger partial charge in [0.2, 0.25) is 0 Å². The van der Waals surface area contributed by atoms with E-state index in [1.165, 1.54) is 25.1 Å². The number of hydrogen-bond acceptors (Lipinski definition) is 3. The zero-order chi connectivity index (χ0) is 16.2. The quantitative estimate of drug-likeness (QED) is 0.909. The second kappa shape index (κ2) is 8.40. The molecule has 8 heteroatoms. The largest absolute Gasteiger partial charge is 0.480 e. The van der Waals surface area contributed by atoms with Gasteiger partial charge in [-0.3, -0.25) is 4.79 Å². The van der Waals surface area contributed by atoms with E-state index in [9.17, 15) is 18.0 Å². The maximum absolute atomic E-state index is 12.9. The molecule has 0 radical (unpaired) electrons. The van der Waals surface area contributed by atoms with Crippen molar-refractivity contribution in [3.63, 3.8) is 0 Å². The summed E-state index contributed by atoms with van der Waals surface area (Å²) in [5.74, 6) is -0.607. The number of ether oxygens (including phenoxy) is 1. The molecule has 1 aliphatic rings. The Bertz CT molecular complexity index is 518. The molecule has 130 valence electrons. The van der Waals surface area contributed by atoms with E-state index in [0.717, 1.165) is 19.0 Å². The first-order valence-corrected chi connectivity index (χ1v) is 7.22. The predicted octanol–water partition coefficient (Wildman–Crippen LogP) is 2.72. The molecule has 4 nitrogen and oxygen atoms in total. The van der Waals surface area contributed by atoms with Crippen molar-refractivity contribution in [2.24, 2.45) is 0 Å². The molecule has 1 fully saturated rings. The van der Waals surface area contributed by atoms with E-state index in [1.807, 2.05) is 0 Å². The first-order valence-electron chi connectivity index (χ1n) is 7.22. The summed E-state index contributed by atoms with van der Waals surface area (Å²) < 4.78 is 44.1. The van der Waals surface area contributed by atoms with Crippen LogP contribution in [-0.2, 0) is 11.0 Å². The number of nitrogens with one attached hydrogen (secondary N) is 1. The molecule has 1 aromatic rings. The highest BCUT2D eigenvalue weighted by atomic mass is 35.5. The third-order valence-electron chi connectivity index (χ3n) is 3.50. The van der Waals surface area contributed by atoms with E-state index >= 15 is 0 Å². The van der Waals surface area contributed by atoms with Crippen LogP contribution in [0.25, 0.3) is 0 Å². The zero-order valence-corrected chi connectivity index (χ0v) is 13.5. The second-order valence-electron chi connectivity index (χ2n) is 5.18. The molecule has 0 aromatic heterocycles. The Hall–Kier alpha value is -1.47. The number of nitrogens with zero attached hydrogens (tertiary/aromatic N) is 1. The summed E-state index contributed by atoms with van der Waals surface area (Å²) in [6, 6.07) is 4.93. The number of hydrogen-bond donors (Lipinski definition) is 1. The molecule has 1 aliphatic heterocycles. The molecule has 1 amide bonds. The van der Waals surface area contributed by atoms with Crippen LogP contribution in [0.4, 0.5) is 13.2 Å². The van der Waals surface area contributed by atoms with Crippen molar-refractivity contribution < 1.29 is 22.7 Å². The molecule has 0 bridgehead atoms. The Morgan fingerprint density at radius 2 is 1.96 bits per heavy atom. The number of rotatable bonds is 3. The lowest BCUT2D eigenvalue weighted by molar-refractivity contribution is -0.143. The molecule has 23 heavy (non-hydrogen) atoms. The Labute approximate surface area is 139 Å². The fourth-order valence-corrected chi connectivity index (χ4v) is 2.37. The van der Waals surface area contributed by atoms with Gasteiger partial charge in [-0.15, -0.1) is 12.4 Å². The van der Waals surface area contributed by atoms with Crippen LogP contribution in [0.2, 0.25) is 0 Å². The molecule has 1 heterocycles. The molecule has 0 aliphatic carbocycles. The van der Waals surface area contributed by atoms with E-state index in [-0.39, 0.29) is 24.1 Å². The Morgan fingerprint density at radius 1 is 1.26 bits per heavy atom. The lowest BCUT2D eigenvalue weighted by Gasteiger charge is -2.25. The highest BCUT2D eigenvalue weighted by Gasteiger charge is 2.35. The molecule has 1 aromatic carbocycles. The summed E-state index contributed by atoms with van der Waals surface area (Å²) in [5.41, 5.74) is -0.868. The van der Waals surface area contributed by atoms with E-state index in [2.05, 4.69) is 5.32 Å². The van der Waals surface area contributed by atoms with Gasteiger partial charge in [-0.2, -0.15) is 13.2 Å².